The fourth-order valence-corrected chi connectivity index (χ4v) is 2.83. The second kappa shape index (κ2) is 5.31. The molecule has 0 fully saturated rings. The summed E-state index contributed by atoms with van der Waals surface area (Å²) in [6.07, 6.45) is 0.921. The molecule has 2 heterocycles. The quantitative estimate of drug-likeness (QED) is 0.769. The number of aryl methyl sites for hydroxylation is 1. The van der Waals surface area contributed by atoms with Crippen LogP contribution in [0.3, 0.4) is 0 Å². The van der Waals surface area contributed by atoms with Crippen LogP contribution in [0.2, 0.25) is 0 Å². The normalized spacial score (nSPS) is 14.0. The van der Waals surface area contributed by atoms with Crippen molar-refractivity contribution in [2.45, 2.75) is 12.0 Å². The molecule has 1 aliphatic heterocycles. The lowest BCUT2D eigenvalue weighted by atomic mass is 10.1. The van der Waals surface area contributed by atoms with E-state index in [1.165, 1.54) is 19.1 Å². The van der Waals surface area contributed by atoms with Gasteiger partial charge < -0.3 is 9.25 Å². The van der Waals surface area contributed by atoms with Crippen LogP contribution >= 0.6 is 0 Å². The summed E-state index contributed by atoms with van der Waals surface area (Å²) in [4.78, 5) is 41.3. The van der Waals surface area contributed by atoms with Gasteiger partial charge in [0, 0.05) is 12.3 Å². The first-order valence-electron chi connectivity index (χ1n) is 6.70. The van der Waals surface area contributed by atoms with Gasteiger partial charge in [-0.15, -0.1) is 0 Å². The molecule has 1 aliphatic rings. The number of rotatable bonds is 3. The van der Waals surface area contributed by atoms with Gasteiger partial charge in [0.1, 0.15) is 11.3 Å². The Morgan fingerprint density at radius 3 is 2.12 bits per heavy atom. The lowest BCUT2D eigenvalue weighted by Crippen LogP contribution is -2.32. The van der Waals surface area contributed by atoms with E-state index < -0.39 is 32.7 Å². The Morgan fingerprint density at radius 2 is 1.67 bits per heavy atom. The van der Waals surface area contributed by atoms with Gasteiger partial charge in [0.2, 0.25) is 14.9 Å². The van der Waals surface area contributed by atoms with Crippen molar-refractivity contribution in [2.24, 2.45) is 0 Å². The lowest BCUT2D eigenvalue weighted by Gasteiger charge is -2.11. The summed E-state index contributed by atoms with van der Waals surface area (Å²) in [7, 11) is -3.65. The minimum absolute atomic E-state index is 0.00275. The van der Waals surface area contributed by atoms with Crippen molar-refractivity contribution in [3.8, 4) is 0 Å². The SMILES string of the molecule is Cc1oc(S(C)(=O)=O)cc1C(=O)ON1C(=O)c2ccccc2C1=O. The first kappa shape index (κ1) is 15.9. The maximum absolute atomic E-state index is 12.2. The molecule has 0 spiro atoms. The van der Waals surface area contributed by atoms with Gasteiger partial charge in [-0.05, 0) is 19.1 Å². The van der Waals surface area contributed by atoms with Crippen LogP contribution in [0.25, 0.3) is 0 Å². The van der Waals surface area contributed by atoms with Crippen LogP contribution in [-0.2, 0) is 14.7 Å². The third-order valence-corrected chi connectivity index (χ3v) is 4.34. The predicted molar refractivity (Wildman–Crippen MR) is 78.9 cm³/mol. The number of furan rings is 1. The Kier molecular flexibility index (Phi) is 3.52. The molecule has 24 heavy (non-hydrogen) atoms. The Labute approximate surface area is 136 Å². The highest BCUT2D eigenvalue weighted by Gasteiger charge is 2.39. The zero-order chi connectivity index (χ0) is 17.6. The summed E-state index contributed by atoms with van der Waals surface area (Å²) in [5.74, 6) is -2.61. The molecule has 0 N–H and O–H groups in total. The van der Waals surface area contributed by atoms with Crippen LogP contribution in [0, 0.1) is 6.92 Å². The number of nitrogens with zero attached hydrogens (tertiary/aromatic N) is 1. The molecule has 9 heteroatoms. The lowest BCUT2D eigenvalue weighted by molar-refractivity contribution is -0.0585. The Balaban J connectivity index is 1.88. The van der Waals surface area contributed by atoms with E-state index in [2.05, 4.69) is 0 Å². The largest absolute Gasteiger partial charge is 0.449 e. The highest BCUT2D eigenvalue weighted by Crippen LogP contribution is 2.25. The van der Waals surface area contributed by atoms with Crippen LogP contribution in [0.15, 0.2) is 39.8 Å². The molecule has 0 radical (unpaired) electrons. The van der Waals surface area contributed by atoms with Gasteiger partial charge in [-0.1, -0.05) is 17.2 Å². The highest BCUT2D eigenvalue weighted by atomic mass is 32.2. The average Bonchev–Trinajstić information content (AvgIpc) is 3.02. The van der Waals surface area contributed by atoms with Gasteiger partial charge in [-0.25, -0.2) is 13.2 Å². The molecule has 0 aliphatic carbocycles. The van der Waals surface area contributed by atoms with E-state index in [1.54, 1.807) is 12.1 Å². The van der Waals surface area contributed by atoms with Gasteiger partial charge in [-0.3, -0.25) is 9.59 Å². The topological polar surface area (TPSA) is 111 Å². The summed E-state index contributed by atoms with van der Waals surface area (Å²) in [5.41, 5.74) is 0.0547. The van der Waals surface area contributed by atoms with Crippen molar-refractivity contribution in [3.05, 3.63) is 52.8 Å². The Hall–Kier alpha value is -2.94. The maximum atomic E-state index is 12.2. The molecular formula is C15H11NO7S. The Bertz CT molecular complexity index is 952. The smallest absolute Gasteiger partial charge is 0.367 e. The summed E-state index contributed by atoms with van der Waals surface area (Å²) >= 11 is 0. The van der Waals surface area contributed by atoms with Crippen molar-refractivity contribution in [1.29, 1.82) is 0 Å². The van der Waals surface area contributed by atoms with Gasteiger partial charge in [0.25, 0.3) is 11.8 Å². The zero-order valence-electron chi connectivity index (χ0n) is 12.6. The zero-order valence-corrected chi connectivity index (χ0v) is 13.4. The van der Waals surface area contributed by atoms with E-state index in [-0.39, 0.29) is 22.5 Å². The molecule has 0 bridgehead atoms. The van der Waals surface area contributed by atoms with Crippen molar-refractivity contribution in [1.82, 2.24) is 5.06 Å². The molecule has 0 atom stereocenters. The molecule has 1 aromatic carbocycles. The van der Waals surface area contributed by atoms with Gasteiger partial charge in [-0.2, -0.15) is 0 Å². The monoisotopic (exact) mass is 349 g/mol. The number of carbonyl (C=O) groups excluding carboxylic acids is 3. The molecule has 0 unspecified atom stereocenters. The summed E-state index contributed by atoms with van der Waals surface area (Å²) in [6.45, 7) is 1.37. The van der Waals surface area contributed by atoms with Crippen LogP contribution in [0.1, 0.15) is 36.8 Å². The summed E-state index contributed by atoms with van der Waals surface area (Å²) in [6, 6.07) is 7.02. The number of hydrogen-bond acceptors (Lipinski definition) is 7. The molecule has 3 rings (SSSR count). The molecule has 2 amide bonds. The molecule has 0 saturated heterocycles. The van der Waals surface area contributed by atoms with E-state index in [4.69, 9.17) is 9.25 Å². The minimum Gasteiger partial charge on any atom is -0.449 e. The molecule has 124 valence electrons. The predicted octanol–water partition coefficient (Wildman–Crippen LogP) is 1.36. The van der Waals surface area contributed by atoms with E-state index in [1.807, 2.05) is 0 Å². The van der Waals surface area contributed by atoms with Gasteiger partial charge >= 0.3 is 5.97 Å². The number of hydrogen-bond donors (Lipinski definition) is 0. The molecule has 8 nitrogen and oxygen atoms in total. The minimum atomic E-state index is -3.65. The van der Waals surface area contributed by atoms with Gasteiger partial charge in [0.15, 0.2) is 0 Å². The van der Waals surface area contributed by atoms with Crippen LogP contribution in [-0.4, -0.2) is 37.5 Å². The van der Waals surface area contributed by atoms with Gasteiger partial charge in [0.05, 0.1) is 11.1 Å². The maximum Gasteiger partial charge on any atom is 0.367 e. The standard InChI is InChI=1S/C15H11NO7S/c1-8-11(7-12(22-8)24(2,20)21)15(19)23-16-13(17)9-5-3-4-6-10(9)14(16)18/h3-7H,1-2H3. The third kappa shape index (κ3) is 2.48. The second-order valence-corrected chi connectivity index (χ2v) is 7.08. The van der Waals surface area contributed by atoms with E-state index >= 15 is 0 Å². The average molecular weight is 349 g/mol. The van der Waals surface area contributed by atoms with Crippen LogP contribution in [0.4, 0.5) is 0 Å². The number of fused-ring (bicyclic) bond motifs is 1. The molecule has 2 aromatic rings. The molecule has 1 aromatic heterocycles. The number of imide groups is 1. The van der Waals surface area contributed by atoms with Crippen molar-refractivity contribution < 1.29 is 32.1 Å². The van der Waals surface area contributed by atoms with E-state index in [0.29, 0.717) is 5.06 Å². The van der Waals surface area contributed by atoms with Crippen molar-refractivity contribution in [3.63, 3.8) is 0 Å². The van der Waals surface area contributed by atoms with E-state index in [9.17, 15) is 22.8 Å². The fraction of sp³-hybridized carbons (Fsp3) is 0.133. The Morgan fingerprint density at radius 1 is 1.12 bits per heavy atom. The van der Waals surface area contributed by atoms with Crippen LogP contribution in [0.5, 0.6) is 0 Å². The highest BCUT2D eigenvalue weighted by molar-refractivity contribution is 7.90. The number of amides is 2. The first-order valence-corrected chi connectivity index (χ1v) is 8.60. The number of carbonyl (C=O) groups is 3. The van der Waals surface area contributed by atoms with Crippen molar-refractivity contribution >= 4 is 27.6 Å². The second-order valence-electron chi connectivity index (χ2n) is 5.14. The number of sulfone groups is 1. The fourth-order valence-electron chi connectivity index (χ4n) is 2.22. The van der Waals surface area contributed by atoms with Crippen LogP contribution < -0.4 is 0 Å². The van der Waals surface area contributed by atoms with E-state index in [0.717, 1.165) is 12.3 Å². The first-order chi connectivity index (χ1) is 11.2. The number of hydroxylamine groups is 2. The van der Waals surface area contributed by atoms with Crippen molar-refractivity contribution in [2.75, 3.05) is 6.26 Å². The number of benzene rings is 1. The molecule has 0 saturated carbocycles. The molecular weight excluding hydrogens is 338 g/mol. The summed E-state index contributed by atoms with van der Waals surface area (Å²) < 4.78 is 27.9. The third-order valence-electron chi connectivity index (χ3n) is 3.41. The summed E-state index contributed by atoms with van der Waals surface area (Å²) in [5, 5.41) is -0.0613.